The number of hydrogen-bond acceptors (Lipinski definition) is 4. The molecule has 0 saturated heterocycles. The molecule has 0 fully saturated rings. The average Bonchev–Trinajstić information content (AvgIpc) is 2.70. The third-order valence-corrected chi connectivity index (χ3v) is 5.52. The number of hydroxylamine groups is 1. The van der Waals surface area contributed by atoms with Crippen molar-refractivity contribution in [3.63, 3.8) is 0 Å². The lowest BCUT2D eigenvalue weighted by Gasteiger charge is -2.16. The number of hydrogen-bond donors (Lipinski definition) is 3. The summed E-state index contributed by atoms with van der Waals surface area (Å²) in [6.45, 7) is 0. The molecular formula is C20H17FN2O4S. The summed E-state index contributed by atoms with van der Waals surface area (Å²) in [4.78, 5) is 12.1. The Balaban J connectivity index is 1.86. The first-order chi connectivity index (χ1) is 13.4. The molecule has 1 atom stereocenters. The first kappa shape index (κ1) is 19.5. The van der Waals surface area contributed by atoms with Crippen LogP contribution in [0.2, 0.25) is 0 Å². The number of sulfonamides is 1. The van der Waals surface area contributed by atoms with Crippen molar-refractivity contribution < 1.29 is 22.8 Å². The van der Waals surface area contributed by atoms with E-state index in [9.17, 15) is 17.6 Å². The maximum atomic E-state index is 13.0. The first-order valence-corrected chi connectivity index (χ1v) is 9.76. The van der Waals surface area contributed by atoms with E-state index in [2.05, 4.69) is 4.72 Å². The molecule has 28 heavy (non-hydrogen) atoms. The quantitative estimate of drug-likeness (QED) is 0.437. The Morgan fingerprint density at radius 2 is 1.43 bits per heavy atom. The van der Waals surface area contributed by atoms with E-state index >= 15 is 0 Å². The van der Waals surface area contributed by atoms with Gasteiger partial charge < -0.3 is 0 Å². The summed E-state index contributed by atoms with van der Waals surface area (Å²) in [5.74, 6) is -1.89. The maximum Gasteiger partial charge on any atom is 0.261 e. The van der Waals surface area contributed by atoms with Crippen LogP contribution in [-0.2, 0) is 14.8 Å². The minimum Gasteiger partial charge on any atom is -0.289 e. The SMILES string of the molecule is O=C(NO)C(c1ccccc1)c1ccc(NS(=O)(=O)c2ccc(F)cc2)cc1. The number of benzene rings is 3. The van der Waals surface area contributed by atoms with Crippen molar-refractivity contribution in [2.75, 3.05) is 4.72 Å². The van der Waals surface area contributed by atoms with Gasteiger partial charge in [0.25, 0.3) is 15.9 Å². The normalized spacial score (nSPS) is 12.2. The van der Waals surface area contributed by atoms with Crippen LogP contribution in [-0.4, -0.2) is 19.5 Å². The highest BCUT2D eigenvalue weighted by atomic mass is 32.2. The number of anilines is 1. The lowest BCUT2D eigenvalue weighted by atomic mass is 9.90. The minimum atomic E-state index is -3.87. The zero-order valence-electron chi connectivity index (χ0n) is 14.5. The van der Waals surface area contributed by atoms with Gasteiger partial charge in [-0.3, -0.25) is 14.7 Å². The first-order valence-electron chi connectivity index (χ1n) is 8.28. The number of carbonyl (C=O) groups is 1. The number of amides is 1. The largest absolute Gasteiger partial charge is 0.289 e. The Morgan fingerprint density at radius 1 is 0.857 bits per heavy atom. The highest BCUT2D eigenvalue weighted by molar-refractivity contribution is 7.92. The second kappa shape index (κ2) is 8.20. The lowest BCUT2D eigenvalue weighted by molar-refractivity contribution is -0.129. The topological polar surface area (TPSA) is 95.5 Å². The van der Waals surface area contributed by atoms with E-state index < -0.39 is 27.7 Å². The summed E-state index contributed by atoms with van der Waals surface area (Å²) in [5, 5.41) is 9.06. The summed E-state index contributed by atoms with van der Waals surface area (Å²) in [7, 11) is -3.87. The Bertz CT molecular complexity index is 1050. The smallest absolute Gasteiger partial charge is 0.261 e. The van der Waals surface area contributed by atoms with Gasteiger partial charge in [-0.1, -0.05) is 42.5 Å². The highest BCUT2D eigenvalue weighted by Crippen LogP contribution is 2.26. The number of halogens is 1. The predicted octanol–water partition coefficient (Wildman–Crippen LogP) is 3.26. The van der Waals surface area contributed by atoms with Crippen LogP contribution in [0.5, 0.6) is 0 Å². The molecular weight excluding hydrogens is 383 g/mol. The molecule has 0 aliphatic rings. The fraction of sp³-hybridized carbons (Fsp3) is 0.0500. The van der Waals surface area contributed by atoms with E-state index in [1.54, 1.807) is 41.9 Å². The van der Waals surface area contributed by atoms with Crippen LogP contribution in [0.1, 0.15) is 17.0 Å². The van der Waals surface area contributed by atoms with Crippen molar-refractivity contribution in [2.24, 2.45) is 0 Å². The van der Waals surface area contributed by atoms with Crippen LogP contribution in [0, 0.1) is 5.82 Å². The van der Waals surface area contributed by atoms with Crippen LogP contribution in [0.15, 0.2) is 83.8 Å². The van der Waals surface area contributed by atoms with Crippen LogP contribution < -0.4 is 10.2 Å². The van der Waals surface area contributed by atoms with Crippen molar-refractivity contribution in [3.05, 3.63) is 95.8 Å². The molecule has 6 nitrogen and oxygen atoms in total. The molecule has 0 bridgehead atoms. The van der Waals surface area contributed by atoms with Crippen LogP contribution in [0.3, 0.4) is 0 Å². The van der Waals surface area contributed by atoms with Crippen molar-refractivity contribution in [1.29, 1.82) is 0 Å². The molecule has 0 aliphatic heterocycles. The third-order valence-electron chi connectivity index (χ3n) is 4.13. The summed E-state index contributed by atoms with van der Waals surface area (Å²) in [5.41, 5.74) is 3.19. The van der Waals surface area contributed by atoms with Gasteiger partial charge >= 0.3 is 0 Å². The molecule has 3 aromatic carbocycles. The highest BCUT2D eigenvalue weighted by Gasteiger charge is 2.22. The van der Waals surface area contributed by atoms with Gasteiger partial charge in [-0.25, -0.2) is 18.3 Å². The van der Waals surface area contributed by atoms with Gasteiger partial charge in [-0.05, 0) is 47.5 Å². The van der Waals surface area contributed by atoms with Gasteiger partial charge in [0.15, 0.2) is 0 Å². The van der Waals surface area contributed by atoms with Gasteiger partial charge in [-0.2, -0.15) is 0 Å². The molecule has 8 heteroatoms. The molecule has 3 aromatic rings. The van der Waals surface area contributed by atoms with Crippen molar-refractivity contribution in [2.45, 2.75) is 10.8 Å². The molecule has 1 unspecified atom stereocenters. The van der Waals surface area contributed by atoms with Crippen molar-refractivity contribution >= 4 is 21.6 Å². The summed E-state index contributed by atoms with van der Waals surface area (Å²) in [6.07, 6.45) is 0. The molecule has 144 valence electrons. The van der Waals surface area contributed by atoms with Gasteiger partial charge in [0.05, 0.1) is 10.8 Å². The number of rotatable bonds is 6. The third kappa shape index (κ3) is 4.36. The standard InChI is InChI=1S/C20H17FN2O4S/c21-16-8-12-18(13-9-16)28(26,27)23-17-10-6-15(7-11-17)19(20(24)22-25)14-4-2-1-3-5-14/h1-13,19,23,25H,(H,22,24). The fourth-order valence-electron chi connectivity index (χ4n) is 2.78. The van der Waals surface area contributed by atoms with Crippen LogP contribution >= 0.6 is 0 Å². The van der Waals surface area contributed by atoms with E-state index in [-0.39, 0.29) is 10.6 Å². The zero-order valence-corrected chi connectivity index (χ0v) is 15.4. The molecule has 3 N–H and O–H groups in total. The van der Waals surface area contributed by atoms with E-state index in [1.165, 1.54) is 24.3 Å². The Labute approximate surface area is 161 Å². The summed E-state index contributed by atoms with van der Waals surface area (Å²) >= 11 is 0. The van der Waals surface area contributed by atoms with Crippen LogP contribution in [0.4, 0.5) is 10.1 Å². The Kier molecular flexibility index (Phi) is 5.72. The molecule has 0 heterocycles. The van der Waals surface area contributed by atoms with Crippen molar-refractivity contribution in [3.8, 4) is 0 Å². The maximum absolute atomic E-state index is 13.0. The minimum absolute atomic E-state index is 0.0696. The summed E-state index contributed by atoms with van der Waals surface area (Å²) in [6, 6.07) is 19.5. The van der Waals surface area contributed by atoms with Gasteiger partial charge in [0.1, 0.15) is 5.82 Å². The second-order valence-electron chi connectivity index (χ2n) is 6.00. The Hall–Kier alpha value is -3.23. The summed E-state index contributed by atoms with van der Waals surface area (Å²) < 4.78 is 40.1. The predicted molar refractivity (Wildman–Crippen MR) is 102 cm³/mol. The molecule has 1 amide bonds. The molecule has 0 aliphatic carbocycles. The monoisotopic (exact) mass is 400 g/mol. The van der Waals surface area contributed by atoms with E-state index in [0.29, 0.717) is 11.1 Å². The number of carbonyl (C=O) groups excluding carboxylic acids is 1. The molecule has 0 spiro atoms. The lowest BCUT2D eigenvalue weighted by Crippen LogP contribution is -2.27. The molecule has 0 aromatic heterocycles. The van der Waals surface area contributed by atoms with Crippen LogP contribution in [0.25, 0.3) is 0 Å². The van der Waals surface area contributed by atoms with Gasteiger partial charge in [0, 0.05) is 5.69 Å². The van der Waals surface area contributed by atoms with E-state index in [1.807, 2.05) is 6.07 Å². The zero-order chi connectivity index (χ0) is 20.1. The second-order valence-corrected chi connectivity index (χ2v) is 7.68. The van der Waals surface area contributed by atoms with E-state index in [0.717, 1.165) is 12.1 Å². The molecule has 0 saturated carbocycles. The van der Waals surface area contributed by atoms with Crippen molar-refractivity contribution in [1.82, 2.24) is 5.48 Å². The Morgan fingerprint density at radius 3 is 2.00 bits per heavy atom. The van der Waals surface area contributed by atoms with Gasteiger partial charge in [-0.15, -0.1) is 0 Å². The van der Waals surface area contributed by atoms with E-state index in [4.69, 9.17) is 5.21 Å². The molecule has 0 radical (unpaired) electrons. The average molecular weight is 400 g/mol. The fourth-order valence-corrected chi connectivity index (χ4v) is 3.84. The molecule has 3 rings (SSSR count). The number of nitrogens with one attached hydrogen (secondary N) is 2. The van der Waals surface area contributed by atoms with Gasteiger partial charge in [0.2, 0.25) is 0 Å².